The number of nitrogens with one attached hydrogen (secondary N) is 2. The summed E-state index contributed by atoms with van der Waals surface area (Å²) >= 11 is 1.69. The van der Waals surface area contributed by atoms with Gasteiger partial charge in [0, 0.05) is 29.7 Å². The Bertz CT molecular complexity index is 1130. The monoisotopic (exact) mass is 466 g/mol. The number of amides is 2. The number of anilines is 2. The second-order valence-electron chi connectivity index (χ2n) is 7.62. The molecule has 2 N–H and O–H groups in total. The maximum atomic E-state index is 12.7. The van der Waals surface area contributed by atoms with Crippen LogP contribution in [0.4, 0.5) is 16.2 Å². The van der Waals surface area contributed by atoms with Gasteiger partial charge in [-0.1, -0.05) is 30.0 Å². The van der Waals surface area contributed by atoms with Crippen LogP contribution in [0, 0.1) is 0 Å². The molecule has 1 atom stereocenters. The lowest BCUT2D eigenvalue weighted by Gasteiger charge is -2.40. The Morgan fingerprint density at radius 2 is 1.82 bits per heavy atom. The smallest absolute Gasteiger partial charge is 0.338 e. The molecule has 33 heavy (non-hydrogen) atoms. The Balaban J connectivity index is 1.59. The number of urea groups is 1. The Hall–Kier alpha value is -3.46. The number of fused-ring (bicyclic) bond motifs is 1. The number of aliphatic imine (C=N–C) groups is 1. The van der Waals surface area contributed by atoms with Crippen LogP contribution in [0.1, 0.15) is 24.9 Å². The number of hydrogen-bond acceptors (Lipinski definition) is 7. The van der Waals surface area contributed by atoms with Gasteiger partial charge < -0.3 is 25.0 Å². The molecule has 8 nitrogen and oxygen atoms in total. The molecule has 0 aliphatic carbocycles. The molecular weight excluding hydrogens is 440 g/mol. The number of amidine groups is 1. The van der Waals surface area contributed by atoms with Crippen molar-refractivity contribution in [3.63, 3.8) is 0 Å². The van der Waals surface area contributed by atoms with Crippen LogP contribution >= 0.6 is 11.8 Å². The first kappa shape index (κ1) is 22.7. The van der Waals surface area contributed by atoms with Gasteiger partial charge >= 0.3 is 12.0 Å². The van der Waals surface area contributed by atoms with Crippen molar-refractivity contribution in [3.8, 4) is 5.75 Å². The van der Waals surface area contributed by atoms with Crippen LogP contribution in [0.2, 0.25) is 0 Å². The van der Waals surface area contributed by atoms with E-state index >= 15 is 0 Å². The quantitative estimate of drug-likeness (QED) is 0.624. The van der Waals surface area contributed by atoms with Crippen molar-refractivity contribution in [2.75, 3.05) is 37.2 Å². The van der Waals surface area contributed by atoms with Crippen molar-refractivity contribution in [2.45, 2.75) is 19.4 Å². The first-order chi connectivity index (χ1) is 16.0. The zero-order chi connectivity index (χ0) is 23.4. The Kier molecular flexibility index (Phi) is 6.88. The number of nitrogens with zero attached hydrogens (tertiary/aromatic N) is 2. The lowest BCUT2D eigenvalue weighted by Crippen LogP contribution is -2.42. The molecule has 1 saturated heterocycles. The molecule has 2 amide bonds. The number of methoxy groups -OCH3 is 2. The van der Waals surface area contributed by atoms with Crippen molar-refractivity contribution in [3.05, 3.63) is 65.4 Å². The number of allylic oxidation sites excluding steroid dienone is 1. The normalized spacial score (nSPS) is 17.6. The summed E-state index contributed by atoms with van der Waals surface area (Å²) < 4.78 is 10.3. The van der Waals surface area contributed by atoms with Gasteiger partial charge in [0.2, 0.25) is 0 Å². The molecule has 4 rings (SSSR count). The largest absolute Gasteiger partial charge is 0.497 e. The SMILES string of the molecule is COC(=O)C1=C(C)N=C2SCCCN2[C@H]1c1cccc(NC(=O)Nc2cccc(OC)c2)c1. The van der Waals surface area contributed by atoms with Crippen molar-refractivity contribution < 1.29 is 19.1 Å². The molecule has 2 aliphatic rings. The van der Waals surface area contributed by atoms with Gasteiger partial charge in [0.25, 0.3) is 0 Å². The number of esters is 1. The Labute approximate surface area is 197 Å². The van der Waals surface area contributed by atoms with E-state index in [9.17, 15) is 9.59 Å². The number of carbonyl (C=O) groups excluding carboxylic acids is 2. The van der Waals surface area contributed by atoms with E-state index in [0.717, 1.165) is 29.4 Å². The third kappa shape index (κ3) is 4.98. The molecule has 2 heterocycles. The summed E-state index contributed by atoms with van der Waals surface area (Å²) in [6.45, 7) is 2.63. The van der Waals surface area contributed by atoms with Gasteiger partial charge in [0.05, 0.1) is 31.5 Å². The maximum Gasteiger partial charge on any atom is 0.338 e. The van der Waals surface area contributed by atoms with E-state index in [-0.39, 0.29) is 12.1 Å². The van der Waals surface area contributed by atoms with Gasteiger partial charge in [0.15, 0.2) is 5.17 Å². The summed E-state index contributed by atoms with van der Waals surface area (Å²) in [5.74, 6) is 1.25. The van der Waals surface area contributed by atoms with Crippen molar-refractivity contribution in [1.82, 2.24) is 4.90 Å². The van der Waals surface area contributed by atoms with Gasteiger partial charge in [0.1, 0.15) is 5.75 Å². The minimum atomic E-state index is -0.398. The predicted molar refractivity (Wildman–Crippen MR) is 131 cm³/mol. The van der Waals surface area contributed by atoms with Crippen molar-refractivity contribution in [1.29, 1.82) is 0 Å². The summed E-state index contributed by atoms with van der Waals surface area (Å²) in [5, 5.41) is 6.59. The number of ether oxygens (including phenoxy) is 2. The van der Waals surface area contributed by atoms with Crippen LogP contribution in [0.3, 0.4) is 0 Å². The lowest BCUT2D eigenvalue weighted by molar-refractivity contribution is -0.136. The van der Waals surface area contributed by atoms with Gasteiger partial charge in [-0.25, -0.2) is 14.6 Å². The summed E-state index contributed by atoms with van der Waals surface area (Å²) in [4.78, 5) is 32.1. The molecule has 2 aromatic rings. The number of thioether (sulfide) groups is 1. The Morgan fingerprint density at radius 1 is 1.09 bits per heavy atom. The van der Waals surface area contributed by atoms with E-state index in [1.54, 1.807) is 37.1 Å². The highest BCUT2D eigenvalue weighted by Crippen LogP contribution is 2.40. The van der Waals surface area contributed by atoms with Gasteiger partial charge in [-0.05, 0) is 43.2 Å². The molecule has 2 aromatic carbocycles. The van der Waals surface area contributed by atoms with Crippen LogP contribution in [0.25, 0.3) is 0 Å². The number of benzene rings is 2. The van der Waals surface area contributed by atoms with Gasteiger partial charge in [-0.2, -0.15) is 0 Å². The van der Waals surface area contributed by atoms with E-state index in [1.807, 2.05) is 37.3 Å². The van der Waals surface area contributed by atoms with E-state index in [1.165, 1.54) is 7.11 Å². The standard InChI is InChI=1S/C24H26N4O4S/c1-15-20(22(29)32-3)21(28-11-6-12-33-24(28)25-15)16-7-4-8-17(13-16)26-23(30)27-18-9-5-10-19(14-18)31-2/h4-5,7-10,13-14,21H,6,11-12H2,1-3H3,(H2,26,27,30)/t21-/m0/s1. The third-order valence-electron chi connectivity index (χ3n) is 5.45. The predicted octanol–water partition coefficient (Wildman–Crippen LogP) is 4.64. The molecule has 0 radical (unpaired) electrons. The first-order valence-corrected chi connectivity index (χ1v) is 11.6. The fourth-order valence-corrected chi connectivity index (χ4v) is 4.99. The molecular formula is C24H26N4O4S. The second kappa shape index (κ2) is 9.99. The number of rotatable bonds is 5. The van der Waals surface area contributed by atoms with Crippen LogP contribution in [0.15, 0.2) is 64.8 Å². The lowest BCUT2D eigenvalue weighted by atomic mass is 9.94. The minimum Gasteiger partial charge on any atom is -0.497 e. The molecule has 0 aromatic heterocycles. The van der Waals surface area contributed by atoms with E-state index < -0.39 is 5.97 Å². The fraction of sp³-hybridized carbons (Fsp3) is 0.292. The molecule has 0 bridgehead atoms. The molecule has 0 spiro atoms. The average molecular weight is 467 g/mol. The average Bonchev–Trinajstić information content (AvgIpc) is 2.82. The second-order valence-corrected chi connectivity index (χ2v) is 8.68. The van der Waals surface area contributed by atoms with Gasteiger partial charge in [-0.3, -0.25) is 0 Å². The highest BCUT2D eigenvalue weighted by molar-refractivity contribution is 8.13. The Morgan fingerprint density at radius 3 is 2.55 bits per heavy atom. The van der Waals surface area contributed by atoms with E-state index in [0.29, 0.717) is 28.4 Å². The maximum absolute atomic E-state index is 12.7. The van der Waals surface area contributed by atoms with E-state index in [4.69, 9.17) is 9.47 Å². The van der Waals surface area contributed by atoms with Crippen molar-refractivity contribution in [2.24, 2.45) is 4.99 Å². The summed E-state index contributed by atoms with van der Waals surface area (Å²) in [7, 11) is 2.95. The fourth-order valence-electron chi connectivity index (χ4n) is 3.97. The first-order valence-electron chi connectivity index (χ1n) is 10.6. The topological polar surface area (TPSA) is 92.3 Å². The molecule has 0 unspecified atom stereocenters. The zero-order valence-corrected chi connectivity index (χ0v) is 19.6. The molecule has 0 saturated carbocycles. The van der Waals surface area contributed by atoms with Crippen LogP contribution in [-0.2, 0) is 9.53 Å². The summed E-state index contributed by atoms with van der Waals surface area (Å²) in [5.41, 5.74) is 3.28. The van der Waals surface area contributed by atoms with Crippen LogP contribution in [-0.4, -0.2) is 48.6 Å². The molecule has 172 valence electrons. The third-order valence-corrected chi connectivity index (χ3v) is 6.53. The molecule has 1 fully saturated rings. The highest BCUT2D eigenvalue weighted by Gasteiger charge is 2.37. The van der Waals surface area contributed by atoms with Crippen molar-refractivity contribution >= 4 is 40.3 Å². The highest BCUT2D eigenvalue weighted by atomic mass is 32.2. The molecule has 2 aliphatic heterocycles. The molecule has 9 heteroatoms. The zero-order valence-electron chi connectivity index (χ0n) is 18.8. The summed E-state index contributed by atoms with van der Waals surface area (Å²) in [6.07, 6.45) is 0.995. The van der Waals surface area contributed by atoms with Crippen LogP contribution < -0.4 is 15.4 Å². The summed E-state index contributed by atoms with van der Waals surface area (Å²) in [6, 6.07) is 13.9. The number of hydrogen-bond donors (Lipinski definition) is 2. The number of carbonyl (C=O) groups is 2. The minimum absolute atomic E-state index is 0.332. The van der Waals surface area contributed by atoms with Crippen LogP contribution in [0.5, 0.6) is 5.75 Å². The van der Waals surface area contributed by atoms with Gasteiger partial charge in [-0.15, -0.1) is 0 Å². The van der Waals surface area contributed by atoms with E-state index in [2.05, 4.69) is 20.5 Å².